The second kappa shape index (κ2) is 6.59. The fourth-order valence-corrected chi connectivity index (χ4v) is 3.51. The lowest BCUT2D eigenvalue weighted by Crippen LogP contribution is -3.28. The Morgan fingerprint density at radius 3 is 2.55 bits per heavy atom. The summed E-state index contributed by atoms with van der Waals surface area (Å²) >= 11 is 0. The standard InChI is InChI=1S/C17H26N2O/c1-2-18-8-10-19(11-9-18)12-13-20-17-7-6-15-4-3-5-16(15)14-17/h6-7,14H,2-5,8-13H2,1H3/p+2. The van der Waals surface area contributed by atoms with Crippen LogP contribution in [-0.2, 0) is 12.8 Å². The minimum atomic E-state index is 0.857. The van der Waals surface area contributed by atoms with Crippen LogP contribution in [0.25, 0.3) is 0 Å². The van der Waals surface area contributed by atoms with Gasteiger partial charge in [0.05, 0.1) is 6.54 Å². The number of quaternary nitrogens is 2. The first-order chi connectivity index (χ1) is 9.85. The monoisotopic (exact) mass is 276 g/mol. The maximum Gasteiger partial charge on any atom is 0.137 e. The highest BCUT2D eigenvalue weighted by molar-refractivity contribution is 5.38. The predicted octanol–water partition coefficient (Wildman–Crippen LogP) is -0.643. The van der Waals surface area contributed by atoms with Gasteiger partial charge in [-0.05, 0) is 49.4 Å². The Morgan fingerprint density at radius 1 is 1.00 bits per heavy atom. The Morgan fingerprint density at radius 2 is 1.75 bits per heavy atom. The van der Waals surface area contributed by atoms with Gasteiger partial charge in [0.1, 0.15) is 45.1 Å². The zero-order valence-corrected chi connectivity index (χ0v) is 12.7. The van der Waals surface area contributed by atoms with Crippen molar-refractivity contribution in [3.8, 4) is 5.75 Å². The van der Waals surface area contributed by atoms with Crippen LogP contribution < -0.4 is 14.5 Å². The van der Waals surface area contributed by atoms with Crippen molar-refractivity contribution in [2.75, 3.05) is 45.9 Å². The molecule has 0 atom stereocenters. The minimum absolute atomic E-state index is 0.857. The van der Waals surface area contributed by atoms with Crippen LogP contribution >= 0.6 is 0 Å². The zero-order valence-electron chi connectivity index (χ0n) is 12.7. The third-order valence-electron chi connectivity index (χ3n) is 4.96. The zero-order chi connectivity index (χ0) is 13.8. The molecule has 1 saturated heterocycles. The SMILES string of the molecule is CC[NH+]1CC[NH+](CCOc2ccc3c(c2)CCC3)CC1. The summed E-state index contributed by atoms with van der Waals surface area (Å²) in [5, 5.41) is 0. The number of hydrogen-bond donors (Lipinski definition) is 2. The summed E-state index contributed by atoms with van der Waals surface area (Å²) in [7, 11) is 0. The average Bonchev–Trinajstić information content (AvgIpc) is 2.95. The van der Waals surface area contributed by atoms with E-state index in [1.54, 1.807) is 9.80 Å². The van der Waals surface area contributed by atoms with Crippen molar-refractivity contribution in [3.63, 3.8) is 0 Å². The van der Waals surface area contributed by atoms with E-state index < -0.39 is 0 Å². The maximum atomic E-state index is 5.96. The molecule has 1 aromatic carbocycles. The number of benzene rings is 1. The van der Waals surface area contributed by atoms with E-state index in [2.05, 4.69) is 25.1 Å². The summed E-state index contributed by atoms with van der Waals surface area (Å²) in [6, 6.07) is 6.67. The molecule has 1 heterocycles. The van der Waals surface area contributed by atoms with Crippen LogP contribution in [0.3, 0.4) is 0 Å². The van der Waals surface area contributed by atoms with Crippen molar-refractivity contribution in [1.29, 1.82) is 0 Å². The summed E-state index contributed by atoms with van der Waals surface area (Å²) in [5.74, 6) is 1.07. The van der Waals surface area contributed by atoms with E-state index in [1.807, 2.05) is 0 Å². The largest absolute Gasteiger partial charge is 0.488 e. The molecule has 20 heavy (non-hydrogen) atoms. The van der Waals surface area contributed by atoms with Gasteiger partial charge in [0, 0.05) is 0 Å². The van der Waals surface area contributed by atoms with E-state index in [0.29, 0.717) is 0 Å². The van der Waals surface area contributed by atoms with E-state index in [4.69, 9.17) is 4.74 Å². The van der Waals surface area contributed by atoms with Gasteiger partial charge >= 0.3 is 0 Å². The molecular formula is C17H28N2O+2. The molecule has 0 saturated carbocycles. The Balaban J connectivity index is 1.42. The molecule has 1 aromatic rings. The molecule has 1 aliphatic heterocycles. The number of hydrogen-bond acceptors (Lipinski definition) is 1. The lowest BCUT2D eigenvalue weighted by molar-refractivity contribution is -1.01. The molecule has 0 bridgehead atoms. The number of ether oxygens (including phenoxy) is 1. The summed E-state index contributed by atoms with van der Waals surface area (Å²) in [6.45, 7) is 10.8. The second-order valence-corrected chi connectivity index (χ2v) is 6.24. The molecule has 110 valence electrons. The number of fused-ring (bicyclic) bond motifs is 1. The molecular weight excluding hydrogens is 248 g/mol. The first-order valence-corrected chi connectivity index (χ1v) is 8.27. The highest BCUT2D eigenvalue weighted by Crippen LogP contribution is 2.25. The van der Waals surface area contributed by atoms with Crippen LogP contribution in [0.15, 0.2) is 18.2 Å². The summed E-state index contributed by atoms with van der Waals surface area (Å²) in [5.41, 5.74) is 3.04. The van der Waals surface area contributed by atoms with E-state index in [-0.39, 0.29) is 0 Å². The first-order valence-electron chi connectivity index (χ1n) is 8.27. The number of aryl methyl sites for hydroxylation is 2. The van der Waals surface area contributed by atoms with Gasteiger partial charge in [-0.15, -0.1) is 0 Å². The molecule has 2 aliphatic rings. The molecule has 1 aliphatic carbocycles. The van der Waals surface area contributed by atoms with Gasteiger partial charge in [-0.2, -0.15) is 0 Å². The van der Waals surface area contributed by atoms with Crippen LogP contribution in [0.5, 0.6) is 5.75 Å². The summed E-state index contributed by atoms with van der Waals surface area (Å²) < 4.78 is 5.96. The van der Waals surface area contributed by atoms with E-state index in [1.165, 1.54) is 63.1 Å². The smallest absolute Gasteiger partial charge is 0.137 e. The highest BCUT2D eigenvalue weighted by atomic mass is 16.5. The van der Waals surface area contributed by atoms with Gasteiger partial charge in [-0.3, -0.25) is 0 Å². The topological polar surface area (TPSA) is 18.1 Å². The molecule has 1 fully saturated rings. The van der Waals surface area contributed by atoms with Crippen LogP contribution in [0, 0.1) is 0 Å². The fraction of sp³-hybridized carbons (Fsp3) is 0.647. The van der Waals surface area contributed by atoms with Gasteiger partial charge in [-0.1, -0.05) is 6.07 Å². The Labute approximate surface area is 122 Å². The maximum absolute atomic E-state index is 5.96. The van der Waals surface area contributed by atoms with Crippen LogP contribution in [0.1, 0.15) is 24.5 Å². The lowest BCUT2D eigenvalue weighted by atomic mass is 10.1. The van der Waals surface area contributed by atoms with Crippen LogP contribution in [0.2, 0.25) is 0 Å². The Hall–Kier alpha value is -1.06. The number of rotatable bonds is 5. The quantitative estimate of drug-likeness (QED) is 0.732. The van der Waals surface area contributed by atoms with Crippen molar-refractivity contribution in [1.82, 2.24) is 0 Å². The van der Waals surface area contributed by atoms with Gasteiger partial charge in [0.15, 0.2) is 0 Å². The summed E-state index contributed by atoms with van der Waals surface area (Å²) in [6.07, 6.45) is 3.80. The van der Waals surface area contributed by atoms with Crippen LogP contribution in [-0.4, -0.2) is 45.9 Å². The second-order valence-electron chi connectivity index (χ2n) is 6.24. The van der Waals surface area contributed by atoms with Crippen molar-refractivity contribution in [2.24, 2.45) is 0 Å². The molecule has 0 spiro atoms. The molecule has 2 N–H and O–H groups in total. The third kappa shape index (κ3) is 3.33. The van der Waals surface area contributed by atoms with E-state index >= 15 is 0 Å². The van der Waals surface area contributed by atoms with Gasteiger partial charge < -0.3 is 14.5 Å². The Kier molecular flexibility index (Phi) is 4.58. The van der Waals surface area contributed by atoms with Gasteiger partial charge in [0.25, 0.3) is 0 Å². The van der Waals surface area contributed by atoms with Gasteiger partial charge in [0.2, 0.25) is 0 Å². The molecule has 0 radical (unpaired) electrons. The lowest BCUT2D eigenvalue weighted by Gasteiger charge is -2.28. The number of piperazine rings is 1. The molecule has 3 heteroatoms. The van der Waals surface area contributed by atoms with Crippen molar-refractivity contribution in [3.05, 3.63) is 29.3 Å². The normalized spacial score (nSPS) is 25.4. The molecule has 0 amide bonds. The van der Waals surface area contributed by atoms with Crippen molar-refractivity contribution in [2.45, 2.75) is 26.2 Å². The average molecular weight is 276 g/mol. The Bertz CT molecular complexity index is 439. The third-order valence-corrected chi connectivity index (χ3v) is 4.96. The highest BCUT2D eigenvalue weighted by Gasteiger charge is 2.21. The number of nitrogens with one attached hydrogen (secondary N) is 2. The minimum Gasteiger partial charge on any atom is -0.488 e. The molecule has 3 nitrogen and oxygen atoms in total. The van der Waals surface area contributed by atoms with Crippen molar-refractivity contribution >= 4 is 0 Å². The van der Waals surface area contributed by atoms with Crippen LogP contribution in [0.4, 0.5) is 0 Å². The van der Waals surface area contributed by atoms with E-state index in [0.717, 1.165) is 18.9 Å². The van der Waals surface area contributed by atoms with E-state index in [9.17, 15) is 0 Å². The molecule has 3 rings (SSSR count). The fourth-order valence-electron chi connectivity index (χ4n) is 3.51. The first kappa shape index (κ1) is 13.9. The summed E-state index contributed by atoms with van der Waals surface area (Å²) in [4.78, 5) is 3.47. The molecule has 0 aromatic heterocycles. The predicted molar refractivity (Wildman–Crippen MR) is 80.8 cm³/mol. The van der Waals surface area contributed by atoms with Crippen molar-refractivity contribution < 1.29 is 14.5 Å². The number of likely N-dealkylation sites (N-methyl/N-ethyl adjacent to an activating group) is 1. The van der Waals surface area contributed by atoms with Gasteiger partial charge in [-0.25, -0.2) is 0 Å². The molecule has 0 unspecified atom stereocenters.